The molecule has 0 bridgehead atoms. The van der Waals surface area contributed by atoms with Gasteiger partial charge in [-0.15, -0.1) is 22.7 Å². The molecule has 5 heteroatoms. The molecule has 0 amide bonds. The maximum Gasteiger partial charge on any atom is 0.0844 e. The number of hydrogen-bond donors (Lipinski definition) is 2. The van der Waals surface area contributed by atoms with E-state index in [2.05, 4.69) is 60.7 Å². The molecule has 3 rings (SSSR count). The second-order valence-corrected chi connectivity index (χ2v) is 7.97. The number of nitrogens with two attached hydrogens (primary N) is 1. The Morgan fingerprint density at radius 1 is 1.03 bits per heavy atom. The van der Waals surface area contributed by atoms with Crippen LogP contribution in [0.1, 0.15) is 69.0 Å². The minimum absolute atomic E-state index is 0.715. The molecule has 0 aliphatic heterocycles. The van der Waals surface area contributed by atoms with Gasteiger partial charge in [0.25, 0.3) is 0 Å². The minimum Gasteiger partial charge on any atom is -0.330 e. The van der Waals surface area contributed by atoms with Gasteiger partial charge in [0.15, 0.2) is 0 Å². The van der Waals surface area contributed by atoms with Crippen LogP contribution in [0.5, 0.6) is 0 Å². The molecule has 3 heterocycles. The molecular weight excluding hydrogens is 394 g/mol. The average Bonchev–Trinajstić information content (AvgIpc) is 3.36. The molecule has 0 aliphatic rings. The van der Waals surface area contributed by atoms with Crippen molar-refractivity contribution >= 4 is 32.9 Å². The van der Waals surface area contributed by atoms with Gasteiger partial charge in [0.2, 0.25) is 0 Å². The Bertz CT molecular complexity index is 719. The standard InChI is InChI=1S/C11H14N2S.C6H9NS.C3H8.2C2H6/c1-7-3-4-10-11(13-7)8(2)9(14-10)5-6-12;1-7-5-6-3-2-4-8-6;1-3-2;2*1-2/h3-4H,5-6,12H2,1-2H3;2-4,7H,5H2,1H3;3H2,1-2H3;2*1-2H3. The summed E-state index contributed by atoms with van der Waals surface area (Å²) in [6.07, 6.45) is 2.21. The van der Waals surface area contributed by atoms with Crippen LogP contribution in [0.3, 0.4) is 0 Å². The number of fused-ring (bicyclic) bond motifs is 1. The lowest BCUT2D eigenvalue weighted by molar-refractivity contribution is 0.831. The fourth-order valence-corrected chi connectivity index (χ4v) is 4.08. The van der Waals surface area contributed by atoms with E-state index in [0.717, 1.165) is 24.2 Å². The summed E-state index contributed by atoms with van der Waals surface area (Å²) in [6.45, 7) is 18.1. The van der Waals surface area contributed by atoms with Crippen LogP contribution < -0.4 is 11.1 Å². The summed E-state index contributed by atoms with van der Waals surface area (Å²) in [5.74, 6) is 0. The van der Waals surface area contributed by atoms with E-state index < -0.39 is 0 Å². The molecule has 0 saturated carbocycles. The molecule has 3 aromatic heterocycles. The number of nitrogens with zero attached hydrogens (tertiary/aromatic N) is 1. The molecule has 3 nitrogen and oxygen atoms in total. The predicted molar refractivity (Wildman–Crippen MR) is 138 cm³/mol. The molecule has 3 aromatic rings. The van der Waals surface area contributed by atoms with Crippen LogP contribution in [0.2, 0.25) is 0 Å². The van der Waals surface area contributed by atoms with Gasteiger partial charge in [-0.3, -0.25) is 4.98 Å². The quantitative estimate of drug-likeness (QED) is 0.448. The highest BCUT2D eigenvalue weighted by Crippen LogP contribution is 2.29. The first-order valence-electron chi connectivity index (χ1n) is 10.8. The van der Waals surface area contributed by atoms with Gasteiger partial charge in [0.1, 0.15) is 0 Å². The molecule has 0 spiro atoms. The van der Waals surface area contributed by atoms with Crippen molar-refractivity contribution in [3.63, 3.8) is 0 Å². The zero-order valence-corrected chi connectivity index (χ0v) is 21.7. The number of thiophene rings is 2. The molecule has 0 aromatic carbocycles. The Hall–Kier alpha value is -1.27. The summed E-state index contributed by atoms with van der Waals surface area (Å²) < 4.78 is 1.27. The smallest absolute Gasteiger partial charge is 0.0844 e. The summed E-state index contributed by atoms with van der Waals surface area (Å²) in [4.78, 5) is 7.32. The highest BCUT2D eigenvalue weighted by atomic mass is 32.1. The Morgan fingerprint density at radius 2 is 1.66 bits per heavy atom. The lowest BCUT2D eigenvalue weighted by Gasteiger charge is -1.95. The summed E-state index contributed by atoms with van der Waals surface area (Å²) in [7, 11) is 1.96. The lowest BCUT2D eigenvalue weighted by Crippen LogP contribution is -2.02. The summed E-state index contributed by atoms with van der Waals surface area (Å²) in [6, 6.07) is 8.40. The zero-order valence-electron chi connectivity index (χ0n) is 20.1. The summed E-state index contributed by atoms with van der Waals surface area (Å²) in [5.41, 5.74) is 9.10. The third-order valence-electron chi connectivity index (χ3n) is 3.31. The van der Waals surface area contributed by atoms with Crippen molar-refractivity contribution in [3.05, 3.63) is 50.7 Å². The highest BCUT2D eigenvalue weighted by Gasteiger charge is 2.08. The van der Waals surface area contributed by atoms with Crippen molar-refractivity contribution in [2.24, 2.45) is 5.73 Å². The van der Waals surface area contributed by atoms with Crippen LogP contribution in [-0.4, -0.2) is 18.6 Å². The van der Waals surface area contributed by atoms with Gasteiger partial charge in [0, 0.05) is 22.0 Å². The van der Waals surface area contributed by atoms with E-state index in [0.29, 0.717) is 6.54 Å². The molecule has 166 valence electrons. The summed E-state index contributed by atoms with van der Waals surface area (Å²) >= 11 is 3.60. The van der Waals surface area contributed by atoms with Crippen LogP contribution in [0, 0.1) is 13.8 Å². The van der Waals surface area contributed by atoms with Crippen LogP contribution in [0.25, 0.3) is 10.2 Å². The SMILES string of the molecule is CC.CC.CCC.CNCc1cccs1.Cc1ccc2sc(CCN)c(C)c2n1. The first-order valence-corrected chi connectivity index (χ1v) is 12.5. The second kappa shape index (κ2) is 20.0. The van der Waals surface area contributed by atoms with Gasteiger partial charge in [0.05, 0.1) is 10.2 Å². The molecular formula is C24H43N3S2. The maximum atomic E-state index is 5.57. The van der Waals surface area contributed by atoms with Gasteiger partial charge in [-0.25, -0.2) is 0 Å². The maximum absolute atomic E-state index is 5.57. The largest absolute Gasteiger partial charge is 0.330 e. The summed E-state index contributed by atoms with van der Waals surface area (Å²) in [5, 5.41) is 5.17. The van der Waals surface area contributed by atoms with Crippen molar-refractivity contribution in [2.45, 2.75) is 74.8 Å². The number of pyridine rings is 1. The molecule has 29 heavy (non-hydrogen) atoms. The van der Waals surface area contributed by atoms with Gasteiger partial charge in [-0.1, -0.05) is 54.0 Å². The van der Waals surface area contributed by atoms with E-state index >= 15 is 0 Å². The monoisotopic (exact) mass is 437 g/mol. The average molecular weight is 438 g/mol. The number of rotatable bonds is 4. The van der Waals surface area contributed by atoms with Crippen molar-refractivity contribution in [1.82, 2.24) is 10.3 Å². The molecule has 3 N–H and O–H groups in total. The Labute approximate surface area is 187 Å². The van der Waals surface area contributed by atoms with Crippen molar-refractivity contribution in [2.75, 3.05) is 13.6 Å². The van der Waals surface area contributed by atoms with E-state index in [4.69, 9.17) is 5.73 Å². The first kappa shape index (κ1) is 29.9. The molecule has 0 unspecified atom stereocenters. The number of aromatic nitrogens is 1. The predicted octanol–water partition coefficient (Wildman–Crippen LogP) is 7.35. The number of hydrogen-bond acceptors (Lipinski definition) is 5. The Morgan fingerprint density at radius 3 is 2.14 bits per heavy atom. The van der Waals surface area contributed by atoms with Gasteiger partial charge >= 0.3 is 0 Å². The van der Waals surface area contributed by atoms with Gasteiger partial charge < -0.3 is 11.1 Å². The highest BCUT2D eigenvalue weighted by molar-refractivity contribution is 7.19. The Kier molecular flexibility index (Phi) is 20.7. The normalized spacial score (nSPS) is 9.03. The van der Waals surface area contributed by atoms with E-state index in [1.54, 1.807) is 11.3 Å². The van der Waals surface area contributed by atoms with E-state index in [-0.39, 0.29) is 0 Å². The van der Waals surface area contributed by atoms with Crippen molar-refractivity contribution in [3.8, 4) is 0 Å². The molecule has 0 saturated heterocycles. The van der Waals surface area contributed by atoms with Crippen LogP contribution in [0.4, 0.5) is 0 Å². The lowest BCUT2D eigenvalue weighted by atomic mass is 10.2. The van der Waals surface area contributed by atoms with E-state index in [1.807, 2.05) is 53.0 Å². The second-order valence-electron chi connectivity index (χ2n) is 5.81. The minimum atomic E-state index is 0.715. The fraction of sp³-hybridized carbons (Fsp3) is 0.542. The first-order chi connectivity index (χ1) is 14.1. The van der Waals surface area contributed by atoms with Gasteiger partial charge in [-0.2, -0.15) is 0 Å². The van der Waals surface area contributed by atoms with E-state index in [1.165, 1.54) is 26.4 Å². The van der Waals surface area contributed by atoms with Crippen molar-refractivity contribution < 1.29 is 0 Å². The topological polar surface area (TPSA) is 50.9 Å². The number of nitrogens with one attached hydrogen (secondary N) is 1. The van der Waals surface area contributed by atoms with Crippen LogP contribution >= 0.6 is 22.7 Å². The van der Waals surface area contributed by atoms with Crippen molar-refractivity contribution in [1.29, 1.82) is 0 Å². The molecule has 0 aliphatic carbocycles. The molecule has 0 radical (unpaired) electrons. The zero-order chi connectivity index (χ0) is 22.7. The van der Waals surface area contributed by atoms with E-state index in [9.17, 15) is 0 Å². The van der Waals surface area contributed by atoms with Gasteiger partial charge in [-0.05, 0) is 63.0 Å². The third-order valence-corrected chi connectivity index (χ3v) is 5.49. The Balaban J connectivity index is 0. The van der Waals surface area contributed by atoms with Crippen LogP contribution in [-0.2, 0) is 13.0 Å². The van der Waals surface area contributed by atoms with Crippen LogP contribution in [0.15, 0.2) is 29.6 Å². The molecule has 0 fully saturated rings. The third kappa shape index (κ3) is 12.1. The number of aryl methyl sites for hydroxylation is 2. The fourth-order valence-electron chi connectivity index (χ4n) is 2.19. The molecule has 0 atom stereocenters.